The van der Waals surface area contributed by atoms with Crippen molar-refractivity contribution in [1.82, 2.24) is 14.3 Å². The number of benzene rings is 2. The topological polar surface area (TPSA) is 78.2 Å². The average Bonchev–Trinajstić information content (AvgIpc) is 3.03. The molecule has 0 atom stereocenters. The molecule has 33 heavy (non-hydrogen) atoms. The Bertz CT molecular complexity index is 1370. The highest BCUT2D eigenvalue weighted by Gasteiger charge is 2.18. The highest BCUT2D eigenvalue weighted by Crippen LogP contribution is 2.25. The van der Waals surface area contributed by atoms with E-state index in [0.29, 0.717) is 29.2 Å². The standard InChI is InChI=1S/C25H25ClN4O3/c1-4-33-20-11-9-19(10-12-20)28-23(31)15-30-25(32)24-17(3)29(16(2)21(24)13-27-30)14-18-7-5-6-8-22(18)26/h5-13H,4,14-15H2,1-3H3,(H,28,31). The molecule has 0 bridgehead atoms. The number of fused-ring (bicyclic) bond motifs is 1. The van der Waals surface area contributed by atoms with E-state index < -0.39 is 0 Å². The lowest BCUT2D eigenvalue weighted by molar-refractivity contribution is -0.117. The Morgan fingerprint density at radius 1 is 1.09 bits per heavy atom. The lowest BCUT2D eigenvalue weighted by atomic mass is 10.2. The van der Waals surface area contributed by atoms with E-state index >= 15 is 0 Å². The molecule has 4 rings (SSSR count). The number of rotatable bonds is 7. The minimum absolute atomic E-state index is 0.184. The SMILES string of the molecule is CCOc1ccc(NC(=O)Cn2ncc3c(C)n(Cc4ccccc4Cl)c(C)c3c2=O)cc1. The Morgan fingerprint density at radius 2 is 1.82 bits per heavy atom. The van der Waals surface area contributed by atoms with Crippen molar-refractivity contribution >= 4 is 34.0 Å². The molecule has 4 aromatic rings. The van der Waals surface area contributed by atoms with Gasteiger partial charge < -0.3 is 14.6 Å². The van der Waals surface area contributed by atoms with E-state index in [-0.39, 0.29) is 18.0 Å². The predicted octanol–water partition coefficient (Wildman–Crippen LogP) is 4.55. The van der Waals surface area contributed by atoms with Gasteiger partial charge in [-0.2, -0.15) is 5.10 Å². The quantitative estimate of drug-likeness (QED) is 0.435. The van der Waals surface area contributed by atoms with E-state index in [1.807, 2.05) is 45.0 Å². The Morgan fingerprint density at radius 3 is 2.52 bits per heavy atom. The van der Waals surface area contributed by atoms with Crippen molar-refractivity contribution < 1.29 is 9.53 Å². The zero-order valence-electron chi connectivity index (χ0n) is 18.8. The first-order valence-corrected chi connectivity index (χ1v) is 11.1. The average molecular weight is 465 g/mol. The van der Waals surface area contributed by atoms with Crippen LogP contribution in [0.15, 0.2) is 59.5 Å². The Kier molecular flexibility index (Phi) is 6.51. The van der Waals surface area contributed by atoms with Crippen LogP contribution in [-0.2, 0) is 17.9 Å². The Labute approximate surface area is 196 Å². The van der Waals surface area contributed by atoms with Crippen molar-refractivity contribution in [2.45, 2.75) is 33.9 Å². The van der Waals surface area contributed by atoms with Crippen LogP contribution in [0.1, 0.15) is 23.9 Å². The lowest BCUT2D eigenvalue weighted by Crippen LogP contribution is -2.29. The zero-order chi connectivity index (χ0) is 23.5. The second-order valence-electron chi connectivity index (χ2n) is 7.75. The maximum atomic E-state index is 13.2. The summed E-state index contributed by atoms with van der Waals surface area (Å²) < 4.78 is 8.66. The molecule has 7 nitrogen and oxygen atoms in total. The van der Waals surface area contributed by atoms with Gasteiger partial charge in [0.2, 0.25) is 5.91 Å². The first kappa shape index (κ1) is 22.6. The van der Waals surface area contributed by atoms with Crippen LogP contribution in [0.4, 0.5) is 5.69 Å². The van der Waals surface area contributed by atoms with Crippen molar-refractivity contribution in [3.63, 3.8) is 0 Å². The number of carbonyl (C=O) groups is 1. The van der Waals surface area contributed by atoms with Gasteiger partial charge in [-0.3, -0.25) is 9.59 Å². The summed E-state index contributed by atoms with van der Waals surface area (Å²) >= 11 is 6.34. The van der Waals surface area contributed by atoms with Gasteiger partial charge in [0.15, 0.2) is 0 Å². The summed E-state index contributed by atoms with van der Waals surface area (Å²) in [4.78, 5) is 25.8. The fourth-order valence-corrected chi connectivity index (χ4v) is 4.12. The smallest absolute Gasteiger partial charge is 0.276 e. The number of nitrogens with zero attached hydrogens (tertiary/aromatic N) is 3. The van der Waals surface area contributed by atoms with Gasteiger partial charge in [0, 0.05) is 34.0 Å². The number of ether oxygens (including phenoxy) is 1. The first-order chi connectivity index (χ1) is 15.9. The van der Waals surface area contributed by atoms with Gasteiger partial charge in [0.05, 0.1) is 18.2 Å². The predicted molar refractivity (Wildman–Crippen MR) is 130 cm³/mol. The summed E-state index contributed by atoms with van der Waals surface area (Å²) in [7, 11) is 0. The molecule has 2 aromatic heterocycles. The van der Waals surface area contributed by atoms with Crippen molar-refractivity contribution in [2.24, 2.45) is 0 Å². The lowest BCUT2D eigenvalue weighted by Gasteiger charge is -2.10. The van der Waals surface area contributed by atoms with Gasteiger partial charge in [0.1, 0.15) is 12.3 Å². The van der Waals surface area contributed by atoms with E-state index in [1.54, 1.807) is 30.5 Å². The highest BCUT2D eigenvalue weighted by atomic mass is 35.5. The molecule has 0 unspecified atom stereocenters. The molecule has 1 amide bonds. The van der Waals surface area contributed by atoms with Gasteiger partial charge in [-0.25, -0.2) is 4.68 Å². The van der Waals surface area contributed by atoms with Crippen molar-refractivity contribution in [2.75, 3.05) is 11.9 Å². The van der Waals surface area contributed by atoms with Crippen LogP contribution in [-0.4, -0.2) is 26.9 Å². The molecule has 0 radical (unpaired) electrons. The minimum atomic E-state index is -0.335. The van der Waals surface area contributed by atoms with Crippen LogP contribution in [0.2, 0.25) is 5.02 Å². The fourth-order valence-electron chi connectivity index (χ4n) is 3.93. The molecule has 8 heteroatoms. The molecule has 0 saturated carbocycles. The molecule has 0 fully saturated rings. The molecule has 0 saturated heterocycles. The van der Waals surface area contributed by atoms with Crippen LogP contribution < -0.4 is 15.6 Å². The van der Waals surface area contributed by atoms with E-state index in [9.17, 15) is 9.59 Å². The third-order valence-electron chi connectivity index (χ3n) is 5.63. The van der Waals surface area contributed by atoms with Crippen LogP contribution in [0.3, 0.4) is 0 Å². The van der Waals surface area contributed by atoms with Crippen LogP contribution in [0.5, 0.6) is 5.75 Å². The number of aryl methyl sites for hydroxylation is 2. The summed E-state index contributed by atoms with van der Waals surface area (Å²) in [6.07, 6.45) is 1.65. The monoisotopic (exact) mass is 464 g/mol. The molecule has 0 spiro atoms. The highest BCUT2D eigenvalue weighted by molar-refractivity contribution is 6.31. The number of carbonyl (C=O) groups excluding carboxylic acids is 1. The molecule has 0 aliphatic heterocycles. The summed E-state index contributed by atoms with van der Waals surface area (Å²) in [5.74, 6) is 0.393. The number of hydrogen-bond donors (Lipinski definition) is 1. The molecule has 0 aliphatic carbocycles. The number of halogens is 1. The van der Waals surface area contributed by atoms with E-state index in [1.165, 1.54) is 4.68 Å². The Balaban J connectivity index is 1.58. The van der Waals surface area contributed by atoms with Crippen LogP contribution >= 0.6 is 11.6 Å². The fraction of sp³-hybridized carbons (Fsp3) is 0.240. The van der Waals surface area contributed by atoms with Crippen molar-refractivity contribution in [1.29, 1.82) is 0 Å². The number of anilines is 1. The molecule has 2 aromatic carbocycles. The van der Waals surface area contributed by atoms with Gasteiger partial charge in [0.25, 0.3) is 5.56 Å². The van der Waals surface area contributed by atoms with Crippen LogP contribution in [0, 0.1) is 13.8 Å². The van der Waals surface area contributed by atoms with E-state index in [4.69, 9.17) is 16.3 Å². The number of aromatic nitrogens is 3. The molecule has 0 aliphatic rings. The molecular formula is C25H25ClN4O3. The molecule has 2 heterocycles. The summed E-state index contributed by atoms with van der Waals surface area (Å²) in [6.45, 7) is 6.70. The molecule has 170 valence electrons. The zero-order valence-corrected chi connectivity index (χ0v) is 19.5. The number of amides is 1. The number of hydrogen-bond acceptors (Lipinski definition) is 4. The maximum absolute atomic E-state index is 13.2. The number of nitrogens with one attached hydrogen (secondary N) is 1. The molecule has 1 N–H and O–H groups in total. The van der Waals surface area contributed by atoms with E-state index in [0.717, 1.165) is 28.1 Å². The second-order valence-corrected chi connectivity index (χ2v) is 8.16. The first-order valence-electron chi connectivity index (χ1n) is 10.7. The normalized spacial score (nSPS) is 11.0. The van der Waals surface area contributed by atoms with Crippen molar-refractivity contribution in [3.8, 4) is 5.75 Å². The second kappa shape index (κ2) is 9.50. The van der Waals surface area contributed by atoms with Gasteiger partial charge in [-0.1, -0.05) is 29.8 Å². The third-order valence-corrected chi connectivity index (χ3v) is 6.00. The summed E-state index contributed by atoms with van der Waals surface area (Å²) in [6, 6.07) is 14.7. The van der Waals surface area contributed by atoms with Gasteiger partial charge >= 0.3 is 0 Å². The maximum Gasteiger partial charge on any atom is 0.276 e. The van der Waals surface area contributed by atoms with Crippen LogP contribution in [0.25, 0.3) is 10.8 Å². The molecular weight excluding hydrogens is 440 g/mol. The van der Waals surface area contributed by atoms with Gasteiger partial charge in [-0.05, 0) is 56.7 Å². The summed E-state index contributed by atoms with van der Waals surface area (Å²) in [5, 5.41) is 9.05. The minimum Gasteiger partial charge on any atom is -0.494 e. The summed E-state index contributed by atoms with van der Waals surface area (Å²) in [5.41, 5.74) is 3.03. The largest absolute Gasteiger partial charge is 0.494 e. The van der Waals surface area contributed by atoms with Crippen molar-refractivity contribution in [3.05, 3.63) is 87.1 Å². The third kappa shape index (κ3) is 4.64. The Hall–Kier alpha value is -3.58. The van der Waals surface area contributed by atoms with Gasteiger partial charge in [-0.15, -0.1) is 0 Å². The van der Waals surface area contributed by atoms with E-state index in [2.05, 4.69) is 15.0 Å².